The summed E-state index contributed by atoms with van der Waals surface area (Å²) in [4.78, 5) is 0. The van der Waals surface area contributed by atoms with Crippen molar-refractivity contribution in [3.63, 3.8) is 0 Å². The second-order valence-corrected chi connectivity index (χ2v) is 9.30. The molecule has 2 aromatic rings. The quantitative estimate of drug-likeness (QED) is 0.396. The van der Waals surface area contributed by atoms with Gasteiger partial charge in [-0.3, -0.25) is 0 Å². The smallest absolute Gasteiger partial charge is 0.0670 e. The summed E-state index contributed by atoms with van der Waals surface area (Å²) in [7, 11) is 0. The summed E-state index contributed by atoms with van der Waals surface area (Å²) in [5.74, 6) is 1.78. The highest BCUT2D eigenvalue weighted by Gasteiger charge is 2.34. The lowest BCUT2D eigenvalue weighted by Crippen LogP contribution is -2.38. The van der Waals surface area contributed by atoms with Gasteiger partial charge in [0.1, 0.15) is 0 Å². The van der Waals surface area contributed by atoms with E-state index in [1.165, 1.54) is 22.3 Å². The minimum Gasteiger partial charge on any atom is -0.373 e. The monoisotopic (exact) mass is 394 g/mol. The van der Waals surface area contributed by atoms with Gasteiger partial charge in [-0.05, 0) is 60.8 Å². The summed E-state index contributed by atoms with van der Waals surface area (Å²) < 4.78 is 7.10. The van der Waals surface area contributed by atoms with Gasteiger partial charge in [-0.2, -0.15) is 0 Å². The number of ether oxygens (including phenoxy) is 1. The van der Waals surface area contributed by atoms with Crippen LogP contribution in [0.25, 0.3) is 0 Å². The third kappa shape index (κ3) is 5.72. The van der Waals surface area contributed by atoms with Gasteiger partial charge in [0.2, 0.25) is 0 Å². The van der Waals surface area contributed by atoms with Gasteiger partial charge in [-0.1, -0.05) is 90.1 Å². The van der Waals surface area contributed by atoms with Crippen LogP contribution in [0.2, 0.25) is 0 Å². The molecule has 2 rings (SSSR count). The lowest BCUT2D eigenvalue weighted by molar-refractivity contribution is -0.0820. The number of benzene rings is 2. The molecule has 0 bridgehead atoms. The average molecular weight is 395 g/mol. The number of hydrogen-bond acceptors (Lipinski definition) is 1. The molecule has 0 saturated heterocycles. The van der Waals surface area contributed by atoms with Crippen LogP contribution in [-0.4, -0.2) is 12.2 Å². The van der Waals surface area contributed by atoms with E-state index in [0.29, 0.717) is 23.7 Å². The van der Waals surface area contributed by atoms with Gasteiger partial charge < -0.3 is 4.74 Å². The SMILES string of the molecule is CCC(c1ccccc1C)C(OC(C(C)C)C(CC)c1ccccc1C)C(C)C. The molecule has 4 unspecified atom stereocenters. The Balaban J connectivity index is 2.41. The molecule has 1 nitrogen and oxygen atoms in total. The maximum absolute atomic E-state index is 7.10. The molecule has 0 amide bonds. The van der Waals surface area contributed by atoms with E-state index in [-0.39, 0.29) is 12.2 Å². The van der Waals surface area contributed by atoms with Crippen LogP contribution in [-0.2, 0) is 4.74 Å². The van der Waals surface area contributed by atoms with Crippen molar-refractivity contribution < 1.29 is 4.74 Å². The van der Waals surface area contributed by atoms with Gasteiger partial charge in [-0.15, -0.1) is 0 Å². The van der Waals surface area contributed by atoms with Crippen LogP contribution in [0, 0.1) is 25.7 Å². The Morgan fingerprint density at radius 1 is 0.621 bits per heavy atom. The Bertz CT molecular complexity index is 682. The van der Waals surface area contributed by atoms with Crippen molar-refractivity contribution in [1.82, 2.24) is 0 Å². The molecule has 4 atom stereocenters. The third-order valence-corrected chi connectivity index (χ3v) is 6.48. The molecule has 0 N–H and O–H groups in total. The van der Waals surface area contributed by atoms with E-state index in [1.807, 2.05) is 0 Å². The topological polar surface area (TPSA) is 9.23 Å². The average Bonchev–Trinajstić information content (AvgIpc) is 2.69. The first kappa shape index (κ1) is 23.7. The molecule has 0 heterocycles. The summed E-state index contributed by atoms with van der Waals surface area (Å²) >= 11 is 0. The van der Waals surface area contributed by atoms with Crippen molar-refractivity contribution in [2.75, 3.05) is 0 Å². The molecule has 0 saturated carbocycles. The van der Waals surface area contributed by atoms with Crippen molar-refractivity contribution in [3.05, 3.63) is 70.8 Å². The largest absolute Gasteiger partial charge is 0.373 e. The zero-order chi connectivity index (χ0) is 21.6. The van der Waals surface area contributed by atoms with Crippen molar-refractivity contribution in [3.8, 4) is 0 Å². The molecule has 0 aliphatic heterocycles. The molecular formula is C28H42O. The number of rotatable bonds is 10. The predicted molar refractivity (Wildman–Crippen MR) is 127 cm³/mol. The standard InChI is InChI=1S/C28H42O/c1-9-23(25-17-13-11-15-21(25)7)27(19(3)4)29-28(20(5)6)24(10-2)26-18-14-12-16-22(26)8/h11-20,23-24,27-28H,9-10H2,1-8H3. The fraction of sp³-hybridized carbons (Fsp3) is 0.571. The predicted octanol–water partition coefficient (Wildman–Crippen LogP) is 8.06. The molecule has 0 radical (unpaired) electrons. The first-order chi connectivity index (χ1) is 13.8. The Labute approximate surface area is 179 Å². The van der Waals surface area contributed by atoms with Crippen molar-refractivity contribution in [2.45, 2.75) is 92.3 Å². The first-order valence-electron chi connectivity index (χ1n) is 11.6. The van der Waals surface area contributed by atoms with E-state index in [0.717, 1.165) is 12.8 Å². The summed E-state index contributed by atoms with van der Waals surface area (Å²) in [6.07, 6.45) is 2.62. The maximum Gasteiger partial charge on any atom is 0.0670 e. The van der Waals surface area contributed by atoms with Crippen LogP contribution >= 0.6 is 0 Å². The van der Waals surface area contributed by atoms with Crippen LogP contribution in [0.4, 0.5) is 0 Å². The minimum absolute atomic E-state index is 0.214. The highest BCUT2D eigenvalue weighted by atomic mass is 16.5. The normalized spacial score (nSPS) is 16.1. The van der Waals surface area contributed by atoms with Crippen LogP contribution in [0.5, 0.6) is 0 Å². The second kappa shape index (κ2) is 11.0. The molecule has 2 aromatic carbocycles. The fourth-order valence-corrected chi connectivity index (χ4v) is 4.88. The molecule has 160 valence electrons. The molecule has 0 spiro atoms. The third-order valence-electron chi connectivity index (χ3n) is 6.48. The summed E-state index contributed by atoms with van der Waals surface area (Å²) in [5.41, 5.74) is 5.64. The molecule has 0 aromatic heterocycles. The van der Waals surface area contributed by atoms with E-state index < -0.39 is 0 Å². The van der Waals surface area contributed by atoms with E-state index >= 15 is 0 Å². The van der Waals surface area contributed by atoms with Crippen LogP contribution in [0.1, 0.15) is 88.5 Å². The molecule has 29 heavy (non-hydrogen) atoms. The molecule has 0 fully saturated rings. The Hall–Kier alpha value is -1.60. The Morgan fingerprint density at radius 2 is 0.966 bits per heavy atom. The van der Waals surface area contributed by atoms with Crippen molar-refractivity contribution in [2.24, 2.45) is 11.8 Å². The van der Waals surface area contributed by atoms with Crippen LogP contribution in [0.15, 0.2) is 48.5 Å². The minimum atomic E-state index is 0.214. The van der Waals surface area contributed by atoms with Gasteiger partial charge in [0.25, 0.3) is 0 Å². The Kier molecular flexibility index (Phi) is 8.96. The van der Waals surface area contributed by atoms with Gasteiger partial charge in [0, 0.05) is 11.8 Å². The fourth-order valence-electron chi connectivity index (χ4n) is 4.88. The number of aryl methyl sites for hydroxylation is 2. The van der Waals surface area contributed by atoms with Gasteiger partial charge in [0.15, 0.2) is 0 Å². The summed E-state index contributed by atoms with van der Waals surface area (Å²) in [6.45, 7) is 18.3. The zero-order valence-electron chi connectivity index (χ0n) is 19.9. The van der Waals surface area contributed by atoms with Gasteiger partial charge in [-0.25, -0.2) is 0 Å². The lowest BCUT2D eigenvalue weighted by Gasteiger charge is -2.39. The van der Waals surface area contributed by atoms with E-state index in [2.05, 4.69) is 104 Å². The summed E-state index contributed by atoms with van der Waals surface area (Å²) in [5, 5.41) is 0. The highest BCUT2D eigenvalue weighted by molar-refractivity contribution is 5.31. The lowest BCUT2D eigenvalue weighted by atomic mass is 9.80. The second-order valence-electron chi connectivity index (χ2n) is 9.30. The van der Waals surface area contributed by atoms with Crippen LogP contribution < -0.4 is 0 Å². The van der Waals surface area contributed by atoms with Crippen molar-refractivity contribution in [1.29, 1.82) is 0 Å². The van der Waals surface area contributed by atoms with E-state index in [4.69, 9.17) is 4.74 Å². The van der Waals surface area contributed by atoms with E-state index in [1.54, 1.807) is 0 Å². The highest BCUT2D eigenvalue weighted by Crippen LogP contribution is 2.38. The molecule has 0 aliphatic rings. The molecule has 0 aliphatic carbocycles. The first-order valence-corrected chi connectivity index (χ1v) is 11.6. The van der Waals surface area contributed by atoms with Crippen LogP contribution in [0.3, 0.4) is 0 Å². The van der Waals surface area contributed by atoms with E-state index in [9.17, 15) is 0 Å². The van der Waals surface area contributed by atoms with Gasteiger partial charge in [0.05, 0.1) is 12.2 Å². The number of hydrogen-bond donors (Lipinski definition) is 0. The zero-order valence-corrected chi connectivity index (χ0v) is 19.9. The Morgan fingerprint density at radius 3 is 1.24 bits per heavy atom. The van der Waals surface area contributed by atoms with Crippen molar-refractivity contribution >= 4 is 0 Å². The molecule has 1 heteroatoms. The summed E-state index contributed by atoms with van der Waals surface area (Å²) in [6, 6.07) is 17.7. The maximum atomic E-state index is 7.10. The van der Waals surface area contributed by atoms with Gasteiger partial charge >= 0.3 is 0 Å². The molecular weight excluding hydrogens is 352 g/mol.